The van der Waals surface area contributed by atoms with Gasteiger partial charge in [-0.1, -0.05) is 6.92 Å². The summed E-state index contributed by atoms with van der Waals surface area (Å²) < 4.78 is 30.4. The van der Waals surface area contributed by atoms with Crippen molar-refractivity contribution in [2.75, 3.05) is 13.7 Å². The molecule has 1 atom stereocenters. The van der Waals surface area contributed by atoms with Gasteiger partial charge in [0.2, 0.25) is 10.0 Å². The quantitative estimate of drug-likeness (QED) is 0.716. The van der Waals surface area contributed by atoms with Crippen LogP contribution in [0.2, 0.25) is 0 Å². The topological polar surface area (TPSA) is 92.7 Å². The Kier molecular flexibility index (Phi) is 5.34. The predicted molar refractivity (Wildman–Crippen MR) is 71.0 cm³/mol. The van der Waals surface area contributed by atoms with Gasteiger partial charge >= 0.3 is 5.97 Å². The third kappa shape index (κ3) is 4.43. The molecule has 0 aliphatic heterocycles. The van der Waals surface area contributed by atoms with Crippen LogP contribution in [0.15, 0.2) is 0 Å². The Morgan fingerprint density at radius 2 is 2.00 bits per heavy atom. The molecule has 1 aliphatic rings. The summed E-state index contributed by atoms with van der Waals surface area (Å²) in [4.78, 5) is 11.2. The van der Waals surface area contributed by atoms with E-state index in [1.807, 2.05) is 0 Å². The molecule has 19 heavy (non-hydrogen) atoms. The van der Waals surface area contributed by atoms with E-state index in [4.69, 9.17) is 0 Å². The van der Waals surface area contributed by atoms with E-state index in [0.717, 1.165) is 20.0 Å². The van der Waals surface area contributed by atoms with Crippen LogP contribution in [0.1, 0.15) is 39.5 Å². The van der Waals surface area contributed by atoms with Gasteiger partial charge in [0.15, 0.2) is 5.25 Å². The van der Waals surface area contributed by atoms with Gasteiger partial charge in [0, 0.05) is 6.54 Å². The second-order valence-electron chi connectivity index (χ2n) is 5.44. The van der Waals surface area contributed by atoms with Crippen LogP contribution in [-0.2, 0) is 19.6 Å². The molecule has 1 aliphatic carbocycles. The Labute approximate surface area is 114 Å². The fourth-order valence-electron chi connectivity index (χ4n) is 2.13. The summed E-state index contributed by atoms with van der Waals surface area (Å²) in [5.41, 5.74) is -1.00. The number of methoxy groups -OCH3 is 1. The van der Waals surface area contributed by atoms with Crippen LogP contribution >= 0.6 is 0 Å². The Bertz CT molecular complexity index is 412. The van der Waals surface area contributed by atoms with Gasteiger partial charge in [-0.3, -0.25) is 4.79 Å². The SMILES string of the molecule is COC(=O)C(C)S(=O)(=O)NCC1(O)CCC(C)CC1. The van der Waals surface area contributed by atoms with Crippen LogP contribution in [-0.4, -0.2) is 44.0 Å². The van der Waals surface area contributed by atoms with E-state index in [1.54, 1.807) is 0 Å². The maximum absolute atomic E-state index is 11.9. The smallest absolute Gasteiger partial charge is 0.325 e. The van der Waals surface area contributed by atoms with Gasteiger partial charge in [0.05, 0.1) is 12.7 Å². The molecule has 0 aromatic rings. The lowest BCUT2D eigenvalue weighted by Gasteiger charge is -2.35. The van der Waals surface area contributed by atoms with Crippen molar-refractivity contribution in [1.29, 1.82) is 0 Å². The van der Waals surface area contributed by atoms with Gasteiger partial charge in [-0.15, -0.1) is 0 Å². The highest BCUT2D eigenvalue weighted by molar-refractivity contribution is 7.90. The Balaban J connectivity index is 2.58. The number of carbonyl (C=O) groups excluding carboxylic acids is 1. The first-order chi connectivity index (χ1) is 8.70. The van der Waals surface area contributed by atoms with Crippen molar-refractivity contribution in [3.05, 3.63) is 0 Å². The van der Waals surface area contributed by atoms with E-state index in [-0.39, 0.29) is 6.54 Å². The maximum atomic E-state index is 11.9. The number of hydrogen-bond donors (Lipinski definition) is 2. The van der Waals surface area contributed by atoms with E-state index in [2.05, 4.69) is 16.4 Å². The van der Waals surface area contributed by atoms with Crippen molar-refractivity contribution in [2.24, 2.45) is 5.92 Å². The van der Waals surface area contributed by atoms with Crippen molar-refractivity contribution in [1.82, 2.24) is 4.72 Å². The van der Waals surface area contributed by atoms with Crippen molar-refractivity contribution in [3.8, 4) is 0 Å². The number of nitrogens with one attached hydrogen (secondary N) is 1. The monoisotopic (exact) mass is 293 g/mol. The average molecular weight is 293 g/mol. The van der Waals surface area contributed by atoms with Crippen molar-refractivity contribution in [3.63, 3.8) is 0 Å². The molecule has 0 heterocycles. The molecule has 0 bridgehead atoms. The maximum Gasteiger partial charge on any atom is 0.325 e. The molecule has 7 heteroatoms. The lowest BCUT2D eigenvalue weighted by Crippen LogP contribution is -2.48. The molecule has 1 rings (SSSR count). The molecule has 6 nitrogen and oxygen atoms in total. The molecule has 112 valence electrons. The summed E-state index contributed by atoms with van der Waals surface area (Å²) in [7, 11) is -2.66. The zero-order chi connectivity index (χ0) is 14.7. The van der Waals surface area contributed by atoms with Crippen molar-refractivity contribution < 1.29 is 23.1 Å². The van der Waals surface area contributed by atoms with Crippen LogP contribution in [0.25, 0.3) is 0 Å². The normalized spacial score (nSPS) is 29.8. The fourth-order valence-corrected chi connectivity index (χ4v) is 3.20. The van der Waals surface area contributed by atoms with Crippen molar-refractivity contribution in [2.45, 2.75) is 50.4 Å². The highest BCUT2D eigenvalue weighted by atomic mass is 32.2. The standard InChI is InChI=1S/C12H23NO5S/c1-9-4-6-12(15,7-5-9)8-13-19(16,17)10(2)11(14)18-3/h9-10,13,15H,4-8H2,1-3H3. The van der Waals surface area contributed by atoms with Gasteiger partial charge in [0.25, 0.3) is 0 Å². The van der Waals surface area contributed by atoms with Crippen LogP contribution in [0.4, 0.5) is 0 Å². The summed E-state index contributed by atoms with van der Waals surface area (Å²) in [6.45, 7) is 3.33. The second kappa shape index (κ2) is 6.19. The first kappa shape index (κ1) is 16.4. The summed E-state index contributed by atoms with van der Waals surface area (Å²) in [5.74, 6) is -0.248. The minimum Gasteiger partial charge on any atom is -0.468 e. The Hall–Kier alpha value is -0.660. The highest BCUT2D eigenvalue weighted by Gasteiger charge is 2.35. The van der Waals surface area contributed by atoms with Crippen LogP contribution in [0.3, 0.4) is 0 Å². The molecule has 0 spiro atoms. The van der Waals surface area contributed by atoms with Gasteiger partial charge < -0.3 is 9.84 Å². The lowest BCUT2D eigenvalue weighted by atomic mass is 9.80. The summed E-state index contributed by atoms with van der Waals surface area (Å²) in [5, 5.41) is 9.01. The third-order valence-electron chi connectivity index (χ3n) is 3.81. The molecule has 1 unspecified atom stereocenters. The van der Waals surface area contributed by atoms with Crippen LogP contribution < -0.4 is 4.72 Å². The number of hydrogen-bond acceptors (Lipinski definition) is 5. The Morgan fingerprint density at radius 3 is 2.47 bits per heavy atom. The number of rotatable bonds is 5. The molecular formula is C12H23NO5S. The predicted octanol–water partition coefficient (Wildman–Crippen LogP) is 0.408. The number of esters is 1. The largest absolute Gasteiger partial charge is 0.468 e. The summed E-state index contributed by atoms with van der Waals surface area (Å²) in [6.07, 6.45) is 2.90. The molecule has 2 N–H and O–H groups in total. The third-order valence-corrected chi connectivity index (χ3v) is 5.48. The minimum absolute atomic E-state index is 0.0522. The van der Waals surface area contributed by atoms with E-state index in [1.165, 1.54) is 6.92 Å². The molecule has 1 saturated carbocycles. The molecular weight excluding hydrogens is 270 g/mol. The highest BCUT2D eigenvalue weighted by Crippen LogP contribution is 2.31. The fraction of sp³-hybridized carbons (Fsp3) is 0.917. The first-order valence-electron chi connectivity index (χ1n) is 6.49. The zero-order valence-corrected chi connectivity index (χ0v) is 12.5. The number of carbonyl (C=O) groups is 1. The number of sulfonamides is 1. The summed E-state index contributed by atoms with van der Waals surface area (Å²) >= 11 is 0. The van der Waals surface area contributed by atoms with Crippen LogP contribution in [0.5, 0.6) is 0 Å². The summed E-state index contributed by atoms with van der Waals surface area (Å²) in [6, 6.07) is 0. The zero-order valence-electron chi connectivity index (χ0n) is 11.7. The first-order valence-corrected chi connectivity index (χ1v) is 8.03. The van der Waals surface area contributed by atoms with Crippen molar-refractivity contribution >= 4 is 16.0 Å². The van der Waals surface area contributed by atoms with E-state index < -0.39 is 26.8 Å². The molecule has 0 aromatic heterocycles. The van der Waals surface area contributed by atoms with E-state index in [9.17, 15) is 18.3 Å². The Morgan fingerprint density at radius 1 is 1.47 bits per heavy atom. The molecule has 0 amide bonds. The van der Waals surface area contributed by atoms with Gasteiger partial charge in [0.1, 0.15) is 0 Å². The molecule has 1 fully saturated rings. The van der Waals surface area contributed by atoms with Crippen LogP contribution in [0, 0.1) is 5.92 Å². The average Bonchev–Trinajstić information content (AvgIpc) is 2.39. The molecule has 0 aromatic carbocycles. The van der Waals surface area contributed by atoms with Gasteiger partial charge in [-0.25, -0.2) is 13.1 Å². The van der Waals surface area contributed by atoms with E-state index in [0.29, 0.717) is 18.8 Å². The minimum atomic E-state index is -3.81. The van der Waals surface area contributed by atoms with Gasteiger partial charge in [-0.05, 0) is 38.5 Å². The lowest BCUT2D eigenvalue weighted by molar-refractivity contribution is -0.139. The number of ether oxygens (including phenoxy) is 1. The number of aliphatic hydroxyl groups is 1. The van der Waals surface area contributed by atoms with Gasteiger partial charge in [-0.2, -0.15) is 0 Å². The molecule has 0 radical (unpaired) electrons. The molecule has 0 saturated heterocycles. The van der Waals surface area contributed by atoms with E-state index >= 15 is 0 Å². The second-order valence-corrected chi connectivity index (χ2v) is 7.52.